The van der Waals surface area contributed by atoms with Crippen LogP contribution in [0.4, 0.5) is 11.4 Å². The van der Waals surface area contributed by atoms with Gasteiger partial charge < -0.3 is 14.8 Å². The van der Waals surface area contributed by atoms with Gasteiger partial charge in [0.15, 0.2) is 13.2 Å². The van der Waals surface area contributed by atoms with Gasteiger partial charge in [0.2, 0.25) is 0 Å². The first-order valence-corrected chi connectivity index (χ1v) is 8.66. The van der Waals surface area contributed by atoms with Crippen molar-refractivity contribution in [2.75, 3.05) is 18.5 Å². The van der Waals surface area contributed by atoms with Gasteiger partial charge in [0.05, 0.1) is 4.92 Å². The molecule has 0 saturated heterocycles. The van der Waals surface area contributed by atoms with E-state index in [0.717, 1.165) is 11.1 Å². The summed E-state index contributed by atoms with van der Waals surface area (Å²) >= 11 is 5.85. The van der Waals surface area contributed by atoms with E-state index in [2.05, 4.69) is 5.32 Å². The van der Waals surface area contributed by atoms with E-state index in [1.165, 1.54) is 6.07 Å². The molecular formula is C19H19ClN2O6. The smallest absolute Gasteiger partial charge is 0.344 e. The van der Waals surface area contributed by atoms with Gasteiger partial charge in [0, 0.05) is 11.1 Å². The molecule has 148 valence electrons. The summed E-state index contributed by atoms with van der Waals surface area (Å²) in [5, 5.41) is 14.1. The molecular weight excluding hydrogens is 388 g/mol. The van der Waals surface area contributed by atoms with Crippen LogP contribution in [0.5, 0.6) is 5.75 Å². The van der Waals surface area contributed by atoms with Crippen LogP contribution >= 0.6 is 11.6 Å². The van der Waals surface area contributed by atoms with E-state index in [9.17, 15) is 19.7 Å². The molecule has 9 heteroatoms. The maximum atomic E-state index is 12.1. The molecule has 1 amide bonds. The van der Waals surface area contributed by atoms with Gasteiger partial charge in [-0.2, -0.15) is 0 Å². The van der Waals surface area contributed by atoms with Crippen molar-refractivity contribution in [1.29, 1.82) is 0 Å². The van der Waals surface area contributed by atoms with Crippen LogP contribution in [0.2, 0.25) is 5.02 Å². The number of carbonyl (C=O) groups is 2. The second-order valence-electron chi connectivity index (χ2n) is 6.07. The molecule has 2 rings (SSSR count). The summed E-state index contributed by atoms with van der Waals surface area (Å²) in [6.45, 7) is 4.22. The van der Waals surface area contributed by atoms with Gasteiger partial charge in [-0.15, -0.1) is 0 Å². The van der Waals surface area contributed by atoms with Crippen LogP contribution in [0.3, 0.4) is 0 Å². The lowest BCUT2D eigenvalue weighted by atomic mass is 10.1. The number of rotatable bonds is 7. The Morgan fingerprint density at radius 3 is 2.46 bits per heavy atom. The first-order chi connectivity index (χ1) is 13.2. The average Bonchev–Trinajstić information content (AvgIpc) is 2.63. The molecule has 0 heterocycles. The molecule has 0 fully saturated rings. The van der Waals surface area contributed by atoms with Crippen LogP contribution in [0.15, 0.2) is 30.3 Å². The number of hydrogen-bond acceptors (Lipinski definition) is 6. The number of nitrogens with one attached hydrogen (secondary N) is 1. The number of halogens is 1. The zero-order valence-electron chi connectivity index (χ0n) is 15.6. The second kappa shape index (κ2) is 9.18. The Kier molecular flexibility index (Phi) is 6.94. The van der Waals surface area contributed by atoms with E-state index in [1.54, 1.807) is 45.0 Å². The minimum atomic E-state index is -0.750. The Balaban J connectivity index is 1.91. The van der Waals surface area contributed by atoms with Gasteiger partial charge >= 0.3 is 5.97 Å². The van der Waals surface area contributed by atoms with Gasteiger partial charge in [-0.05, 0) is 55.7 Å². The number of carbonyl (C=O) groups excluding carboxylic acids is 2. The van der Waals surface area contributed by atoms with E-state index >= 15 is 0 Å². The monoisotopic (exact) mass is 406 g/mol. The number of nitro groups is 1. The number of nitrogens with zero attached hydrogens (tertiary/aromatic N) is 1. The third-order valence-corrected chi connectivity index (χ3v) is 4.26. The Labute approximate surface area is 166 Å². The van der Waals surface area contributed by atoms with Crippen LogP contribution in [0.1, 0.15) is 16.7 Å². The molecule has 2 aromatic carbocycles. The Hall–Kier alpha value is -3.13. The summed E-state index contributed by atoms with van der Waals surface area (Å²) in [5.74, 6) is -0.968. The van der Waals surface area contributed by atoms with Crippen molar-refractivity contribution in [3.8, 4) is 5.75 Å². The topological polar surface area (TPSA) is 108 Å². The lowest BCUT2D eigenvalue weighted by Gasteiger charge is -2.12. The summed E-state index contributed by atoms with van der Waals surface area (Å²) in [4.78, 5) is 34.4. The molecule has 0 aromatic heterocycles. The molecule has 0 radical (unpaired) electrons. The number of ether oxygens (including phenoxy) is 2. The highest BCUT2D eigenvalue weighted by molar-refractivity contribution is 6.30. The zero-order chi connectivity index (χ0) is 20.8. The van der Waals surface area contributed by atoms with Crippen LogP contribution in [0.25, 0.3) is 0 Å². The molecule has 28 heavy (non-hydrogen) atoms. The number of hydrogen-bond donors (Lipinski definition) is 1. The number of nitro benzene ring substituents is 1. The largest absolute Gasteiger partial charge is 0.482 e. The fourth-order valence-corrected chi connectivity index (χ4v) is 2.61. The Bertz CT molecular complexity index is 929. The van der Waals surface area contributed by atoms with Gasteiger partial charge in [0.25, 0.3) is 11.6 Å². The zero-order valence-corrected chi connectivity index (χ0v) is 16.3. The fourth-order valence-electron chi connectivity index (χ4n) is 2.39. The van der Waals surface area contributed by atoms with E-state index in [4.69, 9.17) is 21.1 Å². The van der Waals surface area contributed by atoms with Crippen LogP contribution in [-0.2, 0) is 14.3 Å². The number of aryl methyl sites for hydroxylation is 2. The van der Waals surface area contributed by atoms with E-state index in [0.29, 0.717) is 16.3 Å². The predicted molar refractivity (Wildman–Crippen MR) is 104 cm³/mol. The summed E-state index contributed by atoms with van der Waals surface area (Å²) in [6.07, 6.45) is 0. The molecule has 0 spiro atoms. The molecule has 0 bridgehead atoms. The normalized spacial score (nSPS) is 10.3. The first kappa shape index (κ1) is 21.2. The van der Waals surface area contributed by atoms with Crippen LogP contribution in [-0.4, -0.2) is 30.0 Å². The molecule has 0 saturated carbocycles. The van der Waals surface area contributed by atoms with E-state index < -0.39 is 23.4 Å². The van der Waals surface area contributed by atoms with Gasteiger partial charge in [-0.1, -0.05) is 17.7 Å². The maximum Gasteiger partial charge on any atom is 0.344 e. The molecule has 0 aliphatic rings. The summed E-state index contributed by atoms with van der Waals surface area (Å²) in [6, 6.07) is 7.84. The van der Waals surface area contributed by atoms with Crippen molar-refractivity contribution in [3.63, 3.8) is 0 Å². The van der Waals surface area contributed by atoms with Crippen molar-refractivity contribution in [2.24, 2.45) is 0 Å². The molecule has 0 atom stereocenters. The highest BCUT2D eigenvalue weighted by atomic mass is 35.5. The minimum Gasteiger partial charge on any atom is -0.482 e. The molecule has 0 unspecified atom stereocenters. The molecule has 0 aliphatic carbocycles. The lowest BCUT2D eigenvalue weighted by Crippen LogP contribution is -2.24. The van der Waals surface area contributed by atoms with Gasteiger partial charge in [-0.3, -0.25) is 14.9 Å². The van der Waals surface area contributed by atoms with Crippen molar-refractivity contribution >= 4 is 34.9 Å². The van der Waals surface area contributed by atoms with Crippen molar-refractivity contribution < 1.29 is 24.0 Å². The highest BCUT2D eigenvalue weighted by Crippen LogP contribution is 2.30. The predicted octanol–water partition coefficient (Wildman–Crippen LogP) is 3.73. The van der Waals surface area contributed by atoms with Crippen LogP contribution < -0.4 is 10.1 Å². The maximum absolute atomic E-state index is 12.1. The lowest BCUT2D eigenvalue weighted by molar-refractivity contribution is -0.384. The number of anilines is 1. The molecule has 2 aromatic rings. The number of benzene rings is 2. The minimum absolute atomic E-state index is 0.0825. The van der Waals surface area contributed by atoms with E-state index in [1.807, 2.05) is 0 Å². The standard InChI is InChI=1S/C19H19ClN2O6/c1-11-4-6-15(22(25)26)19(13(11)3)21-17(23)9-28-18(24)10-27-16-7-5-14(20)8-12(16)2/h4-8H,9-10H2,1-3H3,(H,21,23). The second-order valence-corrected chi connectivity index (χ2v) is 6.50. The van der Waals surface area contributed by atoms with Crippen LogP contribution in [0, 0.1) is 30.9 Å². The Morgan fingerprint density at radius 2 is 1.82 bits per heavy atom. The number of amides is 1. The Morgan fingerprint density at radius 1 is 1.11 bits per heavy atom. The quantitative estimate of drug-likeness (QED) is 0.426. The molecule has 0 aliphatic heterocycles. The molecule has 1 N–H and O–H groups in total. The third kappa shape index (κ3) is 5.43. The third-order valence-electron chi connectivity index (χ3n) is 4.02. The average molecular weight is 407 g/mol. The highest BCUT2D eigenvalue weighted by Gasteiger charge is 2.20. The van der Waals surface area contributed by atoms with Crippen molar-refractivity contribution in [1.82, 2.24) is 0 Å². The first-order valence-electron chi connectivity index (χ1n) is 8.28. The SMILES string of the molecule is Cc1cc(Cl)ccc1OCC(=O)OCC(=O)Nc1c([N+](=O)[O-])ccc(C)c1C. The van der Waals surface area contributed by atoms with Crippen molar-refractivity contribution in [2.45, 2.75) is 20.8 Å². The van der Waals surface area contributed by atoms with Gasteiger partial charge in [-0.25, -0.2) is 4.79 Å². The number of esters is 1. The summed E-state index contributed by atoms with van der Waals surface area (Å²) in [7, 11) is 0. The molecule has 8 nitrogen and oxygen atoms in total. The summed E-state index contributed by atoms with van der Waals surface area (Å²) < 4.78 is 10.2. The van der Waals surface area contributed by atoms with E-state index in [-0.39, 0.29) is 18.0 Å². The summed E-state index contributed by atoms with van der Waals surface area (Å²) in [5.41, 5.74) is 1.95. The van der Waals surface area contributed by atoms with Gasteiger partial charge in [0.1, 0.15) is 11.4 Å². The fraction of sp³-hybridized carbons (Fsp3) is 0.263. The van der Waals surface area contributed by atoms with Crippen molar-refractivity contribution in [3.05, 3.63) is 62.2 Å².